The Morgan fingerprint density at radius 3 is 2.49 bits per heavy atom. The summed E-state index contributed by atoms with van der Waals surface area (Å²) in [7, 11) is 0. The molecule has 35 heavy (non-hydrogen) atoms. The number of nitro benzene ring substituents is 1. The highest BCUT2D eigenvalue weighted by Crippen LogP contribution is 2.27. The summed E-state index contributed by atoms with van der Waals surface area (Å²) in [5.74, 6) is -1.33. The molecule has 1 N–H and O–H groups in total. The number of hydrogen-bond donors (Lipinski definition) is 1. The average molecular weight is 473 g/mol. The van der Waals surface area contributed by atoms with E-state index in [1.54, 1.807) is 16.9 Å². The fraction of sp³-hybridized carbons (Fsp3) is 0.200. The summed E-state index contributed by atoms with van der Waals surface area (Å²) >= 11 is 0. The summed E-state index contributed by atoms with van der Waals surface area (Å²) in [4.78, 5) is 40.9. The third-order valence-electron chi connectivity index (χ3n) is 5.32. The molecule has 2 aromatic carbocycles. The van der Waals surface area contributed by atoms with Crippen molar-refractivity contribution in [3.05, 3.63) is 82.5 Å². The van der Waals surface area contributed by atoms with Crippen LogP contribution in [0.3, 0.4) is 0 Å². The fourth-order valence-corrected chi connectivity index (χ4v) is 3.54. The van der Waals surface area contributed by atoms with Crippen molar-refractivity contribution < 1.29 is 19.2 Å². The number of amides is 1. The van der Waals surface area contributed by atoms with Gasteiger partial charge in [-0.2, -0.15) is 5.10 Å². The Bertz CT molecular complexity index is 1410. The van der Waals surface area contributed by atoms with E-state index in [0.29, 0.717) is 16.7 Å². The second-order valence-electron chi connectivity index (χ2n) is 8.19. The number of non-ortho nitro benzene ring substituents is 1. The molecule has 0 aliphatic heterocycles. The number of nitrogens with one attached hydrogen (secondary N) is 1. The molecule has 10 nitrogen and oxygen atoms in total. The van der Waals surface area contributed by atoms with Gasteiger partial charge in [0, 0.05) is 29.4 Å². The number of rotatable bonds is 7. The Labute approximate surface area is 200 Å². The van der Waals surface area contributed by atoms with Gasteiger partial charge in [-0.05, 0) is 32.9 Å². The molecule has 1 unspecified atom stereocenters. The number of anilines is 1. The highest BCUT2D eigenvalue weighted by Gasteiger charge is 2.24. The van der Waals surface area contributed by atoms with Gasteiger partial charge in [0.25, 0.3) is 11.6 Å². The van der Waals surface area contributed by atoms with Crippen LogP contribution in [-0.4, -0.2) is 37.7 Å². The molecule has 10 heteroatoms. The first-order valence-corrected chi connectivity index (χ1v) is 10.9. The fourth-order valence-electron chi connectivity index (χ4n) is 3.54. The predicted molar refractivity (Wildman–Crippen MR) is 130 cm³/mol. The van der Waals surface area contributed by atoms with Crippen molar-refractivity contribution in [3.8, 4) is 11.3 Å². The number of hydrogen-bond acceptors (Lipinski definition) is 7. The number of esters is 1. The molecule has 0 bridgehead atoms. The molecule has 0 saturated carbocycles. The SMILES string of the molecule is CC(OC(=O)c1cc(-c2ccccc2)nc2c1cnn2C(C)C)C(=O)Nc1cccc([N+](=O)[O-])c1. The maximum absolute atomic E-state index is 13.2. The summed E-state index contributed by atoms with van der Waals surface area (Å²) in [5, 5.41) is 18.4. The van der Waals surface area contributed by atoms with Gasteiger partial charge in [0.1, 0.15) is 0 Å². The molecule has 0 radical (unpaired) electrons. The Hall–Kier alpha value is -4.60. The van der Waals surface area contributed by atoms with E-state index < -0.39 is 22.9 Å². The van der Waals surface area contributed by atoms with Crippen LogP contribution in [0.5, 0.6) is 0 Å². The summed E-state index contributed by atoms with van der Waals surface area (Å²) in [5.41, 5.74) is 2.21. The van der Waals surface area contributed by atoms with E-state index in [-0.39, 0.29) is 23.0 Å². The van der Waals surface area contributed by atoms with Gasteiger partial charge >= 0.3 is 5.97 Å². The van der Waals surface area contributed by atoms with E-state index in [9.17, 15) is 19.7 Å². The topological polar surface area (TPSA) is 129 Å². The van der Waals surface area contributed by atoms with E-state index in [1.807, 2.05) is 44.2 Å². The van der Waals surface area contributed by atoms with Crippen molar-refractivity contribution in [3.63, 3.8) is 0 Å². The molecule has 4 rings (SSSR count). The number of ether oxygens (including phenoxy) is 1. The highest BCUT2D eigenvalue weighted by atomic mass is 16.6. The van der Waals surface area contributed by atoms with Crippen LogP contribution in [0.2, 0.25) is 0 Å². The van der Waals surface area contributed by atoms with Crippen molar-refractivity contribution in [2.75, 3.05) is 5.32 Å². The molecule has 2 heterocycles. The Morgan fingerprint density at radius 2 is 1.80 bits per heavy atom. The lowest BCUT2D eigenvalue weighted by Crippen LogP contribution is -2.30. The second-order valence-corrected chi connectivity index (χ2v) is 8.19. The molecule has 0 saturated heterocycles. The van der Waals surface area contributed by atoms with Crippen LogP contribution in [0.25, 0.3) is 22.3 Å². The normalized spacial score (nSPS) is 11.9. The first-order chi connectivity index (χ1) is 16.7. The standard InChI is InChI=1S/C25H23N5O5/c1-15(2)29-23-21(14-26-29)20(13-22(28-23)17-8-5-4-6-9-17)25(32)35-16(3)24(31)27-18-10-7-11-19(12-18)30(33)34/h4-16H,1-3H3,(H,27,31). The van der Waals surface area contributed by atoms with Crippen molar-refractivity contribution in [2.24, 2.45) is 0 Å². The van der Waals surface area contributed by atoms with E-state index in [1.165, 1.54) is 31.2 Å². The number of nitro groups is 1. The summed E-state index contributed by atoms with van der Waals surface area (Å²) in [6.45, 7) is 5.35. The van der Waals surface area contributed by atoms with Crippen LogP contribution in [0.15, 0.2) is 66.9 Å². The van der Waals surface area contributed by atoms with Gasteiger partial charge in [-0.15, -0.1) is 0 Å². The van der Waals surface area contributed by atoms with Crippen LogP contribution >= 0.6 is 0 Å². The number of nitrogens with zero attached hydrogens (tertiary/aromatic N) is 4. The van der Waals surface area contributed by atoms with Crippen LogP contribution in [0, 0.1) is 10.1 Å². The summed E-state index contributed by atoms with van der Waals surface area (Å²) in [6, 6.07) is 16.5. The van der Waals surface area contributed by atoms with E-state index >= 15 is 0 Å². The first-order valence-electron chi connectivity index (χ1n) is 10.9. The average Bonchev–Trinajstić information content (AvgIpc) is 3.28. The maximum Gasteiger partial charge on any atom is 0.339 e. The molecular formula is C25H23N5O5. The van der Waals surface area contributed by atoms with Crippen LogP contribution < -0.4 is 5.32 Å². The van der Waals surface area contributed by atoms with Crippen molar-refractivity contribution >= 4 is 34.3 Å². The van der Waals surface area contributed by atoms with Crippen molar-refractivity contribution in [1.29, 1.82) is 0 Å². The number of benzene rings is 2. The van der Waals surface area contributed by atoms with Crippen LogP contribution in [0.4, 0.5) is 11.4 Å². The molecule has 0 aliphatic carbocycles. The van der Waals surface area contributed by atoms with E-state index in [2.05, 4.69) is 10.4 Å². The van der Waals surface area contributed by atoms with Crippen LogP contribution in [0.1, 0.15) is 37.2 Å². The molecule has 1 amide bonds. The number of carbonyl (C=O) groups excluding carboxylic acids is 2. The van der Waals surface area contributed by atoms with Gasteiger partial charge in [0.2, 0.25) is 0 Å². The van der Waals surface area contributed by atoms with Gasteiger partial charge in [-0.1, -0.05) is 36.4 Å². The Balaban J connectivity index is 1.62. The lowest BCUT2D eigenvalue weighted by atomic mass is 10.1. The van der Waals surface area contributed by atoms with E-state index in [4.69, 9.17) is 9.72 Å². The molecule has 0 spiro atoms. The Kier molecular flexibility index (Phi) is 6.54. The van der Waals surface area contributed by atoms with E-state index in [0.717, 1.165) is 5.56 Å². The zero-order valence-electron chi connectivity index (χ0n) is 19.3. The number of fused-ring (bicyclic) bond motifs is 1. The highest BCUT2D eigenvalue weighted by molar-refractivity contribution is 6.05. The summed E-state index contributed by atoms with van der Waals surface area (Å²) < 4.78 is 7.19. The number of pyridine rings is 1. The molecule has 1 atom stereocenters. The van der Waals surface area contributed by atoms with Crippen molar-refractivity contribution in [2.45, 2.75) is 32.9 Å². The Morgan fingerprint density at radius 1 is 1.06 bits per heavy atom. The molecule has 0 fully saturated rings. The molecule has 2 aromatic heterocycles. The van der Waals surface area contributed by atoms with Crippen molar-refractivity contribution in [1.82, 2.24) is 14.8 Å². The van der Waals surface area contributed by atoms with Gasteiger partial charge in [-0.25, -0.2) is 14.5 Å². The number of aromatic nitrogens is 3. The monoisotopic (exact) mass is 473 g/mol. The minimum absolute atomic E-state index is 0.00882. The first kappa shape index (κ1) is 23.6. The smallest absolute Gasteiger partial charge is 0.339 e. The van der Waals surface area contributed by atoms with Gasteiger partial charge in [0.15, 0.2) is 11.8 Å². The second kappa shape index (κ2) is 9.72. The molecule has 178 valence electrons. The number of carbonyl (C=O) groups is 2. The minimum atomic E-state index is -1.16. The quantitative estimate of drug-likeness (QED) is 0.232. The lowest BCUT2D eigenvalue weighted by Gasteiger charge is -2.15. The van der Waals surface area contributed by atoms with Gasteiger partial charge in [0.05, 0.1) is 27.8 Å². The largest absolute Gasteiger partial charge is 0.449 e. The minimum Gasteiger partial charge on any atom is -0.449 e. The summed E-state index contributed by atoms with van der Waals surface area (Å²) in [6.07, 6.45) is 0.395. The molecule has 4 aromatic rings. The predicted octanol–water partition coefficient (Wildman–Crippen LogP) is 4.77. The zero-order valence-corrected chi connectivity index (χ0v) is 19.3. The maximum atomic E-state index is 13.2. The molecular weight excluding hydrogens is 450 g/mol. The van der Waals surface area contributed by atoms with Gasteiger partial charge in [-0.3, -0.25) is 14.9 Å². The third-order valence-corrected chi connectivity index (χ3v) is 5.32. The molecule has 0 aliphatic rings. The zero-order chi connectivity index (χ0) is 25.1. The lowest BCUT2D eigenvalue weighted by molar-refractivity contribution is -0.384. The van der Waals surface area contributed by atoms with Gasteiger partial charge < -0.3 is 10.1 Å². The third kappa shape index (κ3) is 5.01. The van der Waals surface area contributed by atoms with Crippen LogP contribution in [-0.2, 0) is 9.53 Å².